The lowest BCUT2D eigenvalue weighted by molar-refractivity contribution is 0.833. The first-order valence-electron chi connectivity index (χ1n) is 6.98. The normalized spacial score (nSPS) is 12.5. The van der Waals surface area contributed by atoms with Crippen LogP contribution in [0.5, 0.6) is 0 Å². The van der Waals surface area contributed by atoms with Crippen molar-refractivity contribution >= 4 is 10.9 Å². The molecule has 0 fully saturated rings. The largest absolute Gasteiger partial charge is 0.319 e. The van der Waals surface area contributed by atoms with Crippen LogP contribution < -0.4 is 5.73 Å². The number of aromatic nitrogens is 1. The molecule has 3 aromatic rings. The van der Waals surface area contributed by atoms with E-state index in [2.05, 4.69) is 48.3 Å². The number of nitrogens with zero attached hydrogens (tertiary/aromatic N) is 1. The average molecular weight is 262 g/mol. The summed E-state index contributed by atoms with van der Waals surface area (Å²) in [7, 11) is 0. The lowest BCUT2D eigenvalue weighted by atomic mass is 10.00. The maximum atomic E-state index is 6.37. The standard InChI is InChI=1S/C18H18N2/c1-2-13-6-5-8-15(12-13)18(19)17-11-10-14-7-3-4-9-16(14)20-17/h3-12,18H,2,19H2,1H3. The van der Waals surface area contributed by atoms with Crippen molar-refractivity contribution < 1.29 is 0 Å². The molecule has 0 aliphatic rings. The van der Waals surface area contributed by atoms with Gasteiger partial charge in [0.05, 0.1) is 17.3 Å². The highest BCUT2D eigenvalue weighted by Crippen LogP contribution is 2.21. The fraction of sp³-hybridized carbons (Fsp3) is 0.167. The molecule has 0 amide bonds. The van der Waals surface area contributed by atoms with Gasteiger partial charge in [0.15, 0.2) is 0 Å². The van der Waals surface area contributed by atoms with E-state index in [0.29, 0.717) is 0 Å². The summed E-state index contributed by atoms with van der Waals surface area (Å²) in [5.74, 6) is 0. The van der Waals surface area contributed by atoms with Crippen LogP contribution in [0.25, 0.3) is 10.9 Å². The third-order valence-electron chi connectivity index (χ3n) is 3.66. The van der Waals surface area contributed by atoms with E-state index in [9.17, 15) is 0 Å². The first kappa shape index (κ1) is 12.8. The number of benzene rings is 2. The van der Waals surface area contributed by atoms with Gasteiger partial charge in [-0.05, 0) is 29.7 Å². The highest BCUT2D eigenvalue weighted by Gasteiger charge is 2.11. The first-order chi connectivity index (χ1) is 9.78. The topological polar surface area (TPSA) is 38.9 Å². The first-order valence-corrected chi connectivity index (χ1v) is 6.98. The maximum absolute atomic E-state index is 6.37. The van der Waals surface area contributed by atoms with E-state index in [0.717, 1.165) is 28.6 Å². The molecule has 2 aromatic carbocycles. The van der Waals surface area contributed by atoms with E-state index in [1.54, 1.807) is 0 Å². The minimum Gasteiger partial charge on any atom is -0.319 e. The Morgan fingerprint density at radius 2 is 1.85 bits per heavy atom. The summed E-state index contributed by atoms with van der Waals surface area (Å²) in [5.41, 5.74) is 10.7. The minimum atomic E-state index is -0.175. The molecule has 0 bridgehead atoms. The fourth-order valence-electron chi connectivity index (χ4n) is 2.43. The van der Waals surface area contributed by atoms with Gasteiger partial charge in [-0.1, -0.05) is 55.5 Å². The number of fused-ring (bicyclic) bond motifs is 1. The highest BCUT2D eigenvalue weighted by atomic mass is 14.8. The van der Waals surface area contributed by atoms with Crippen molar-refractivity contribution in [3.05, 3.63) is 77.5 Å². The van der Waals surface area contributed by atoms with Crippen LogP contribution >= 0.6 is 0 Å². The molecule has 0 radical (unpaired) electrons. The predicted octanol–water partition coefficient (Wildman–Crippen LogP) is 3.85. The Hall–Kier alpha value is -2.19. The fourth-order valence-corrected chi connectivity index (χ4v) is 2.43. The van der Waals surface area contributed by atoms with Crippen molar-refractivity contribution in [1.82, 2.24) is 4.98 Å². The Labute approximate surface area is 119 Å². The van der Waals surface area contributed by atoms with Gasteiger partial charge in [-0.15, -0.1) is 0 Å². The zero-order chi connectivity index (χ0) is 13.9. The number of hydrogen-bond acceptors (Lipinski definition) is 2. The monoisotopic (exact) mass is 262 g/mol. The van der Waals surface area contributed by atoms with Crippen molar-refractivity contribution in [1.29, 1.82) is 0 Å². The van der Waals surface area contributed by atoms with Crippen LogP contribution in [0.4, 0.5) is 0 Å². The van der Waals surface area contributed by atoms with Crippen LogP contribution in [0.3, 0.4) is 0 Å². The molecule has 0 aliphatic carbocycles. The van der Waals surface area contributed by atoms with Gasteiger partial charge in [0, 0.05) is 5.39 Å². The minimum absolute atomic E-state index is 0.175. The lowest BCUT2D eigenvalue weighted by Crippen LogP contribution is -2.13. The molecule has 2 heteroatoms. The van der Waals surface area contributed by atoms with E-state index in [1.807, 2.05) is 24.3 Å². The molecular weight excluding hydrogens is 244 g/mol. The summed E-state index contributed by atoms with van der Waals surface area (Å²) in [4.78, 5) is 4.68. The zero-order valence-electron chi connectivity index (χ0n) is 11.6. The van der Waals surface area contributed by atoms with Crippen molar-refractivity contribution in [3.63, 3.8) is 0 Å². The molecule has 0 aliphatic heterocycles. The van der Waals surface area contributed by atoms with Gasteiger partial charge in [0.2, 0.25) is 0 Å². The molecule has 2 nitrogen and oxygen atoms in total. The molecule has 1 atom stereocenters. The Balaban J connectivity index is 2.00. The third-order valence-corrected chi connectivity index (χ3v) is 3.66. The second kappa shape index (κ2) is 5.43. The zero-order valence-corrected chi connectivity index (χ0v) is 11.6. The van der Waals surface area contributed by atoms with Gasteiger partial charge in [-0.25, -0.2) is 0 Å². The van der Waals surface area contributed by atoms with E-state index in [1.165, 1.54) is 5.56 Å². The molecular formula is C18H18N2. The smallest absolute Gasteiger partial charge is 0.0726 e. The van der Waals surface area contributed by atoms with Gasteiger partial charge in [0.25, 0.3) is 0 Å². The van der Waals surface area contributed by atoms with Crippen molar-refractivity contribution in [2.75, 3.05) is 0 Å². The van der Waals surface area contributed by atoms with Gasteiger partial charge in [-0.2, -0.15) is 0 Å². The van der Waals surface area contributed by atoms with Gasteiger partial charge in [0.1, 0.15) is 0 Å². The summed E-state index contributed by atoms with van der Waals surface area (Å²) >= 11 is 0. The van der Waals surface area contributed by atoms with Crippen LogP contribution in [0.15, 0.2) is 60.7 Å². The lowest BCUT2D eigenvalue weighted by Gasteiger charge is -2.13. The molecule has 0 saturated carbocycles. The van der Waals surface area contributed by atoms with Crippen LogP contribution in [-0.2, 0) is 6.42 Å². The molecule has 3 rings (SSSR count). The Morgan fingerprint density at radius 1 is 1.00 bits per heavy atom. The van der Waals surface area contributed by atoms with Crippen molar-refractivity contribution in [2.45, 2.75) is 19.4 Å². The maximum Gasteiger partial charge on any atom is 0.0726 e. The van der Waals surface area contributed by atoms with Gasteiger partial charge >= 0.3 is 0 Å². The van der Waals surface area contributed by atoms with E-state index in [-0.39, 0.29) is 6.04 Å². The highest BCUT2D eigenvalue weighted by molar-refractivity contribution is 5.78. The summed E-state index contributed by atoms with van der Waals surface area (Å²) < 4.78 is 0. The van der Waals surface area contributed by atoms with Crippen LogP contribution in [-0.4, -0.2) is 4.98 Å². The summed E-state index contributed by atoms with van der Waals surface area (Å²) in [5, 5.41) is 1.14. The van der Waals surface area contributed by atoms with Crippen molar-refractivity contribution in [2.24, 2.45) is 5.73 Å². The molecule has 1 unspecified atom stereocenters. The van der Waals surface area contributed by atoms with E-state index in [4.69, 9.17) is 5.73 Å². The third kappa shape index (κ3) is 2.43. The quantitative estimate of drug-likeness (QED) is 0.778. The number of rotatable bonds is 3. The Bertz CT molecular complexity index is 734. The number of para-hydroxylation sites is 1. The Kier molecular flexibility index (Phi) is 3.48. The average Bonchev–Trinajstić information content (AvgIpc) is 2.53. The molecule has 0 saturated heterocycles. The molecule has 20 heavy (non-hydrogen) atoms. The number of aryl methyl sites for hydroxylation is 1. The van der Waals surface area contributed by atoms with Crippen LogP contribution in [0.1, 0.15) is 29.8 Å². The van der Waals surface area contributed by atoms with E-state index >= 15 is 0 Å². The second-order valence-electron chi connectivity index (χ2n) is 5.01. The van der Waals surface area contributed by atoms with Crippen LogP contribution in [0, 0.1) is 0 Å². The summed E-state index contributed by atoms with van der Waals surface area (Å²) in [6.07, 6.45) is 1.02. The predicted molar refractivity (Wildman–Crippen MR) is 83.6 cm³/mol. The molecule has 100 valence electrons. The molecule has 2 N–H and O–H groups in total. The van der Waals surface area contributed by atoms with Gasteiger partial charge < -0.3 is 5.73 Å². The summed E-state index contributed by atoms with van der Waals surface area (Å²) in [6.45, 7) is 2.15. The Morgan fingerprint density at radius 3 is 2.70 bits per heavy atom. The number of hydrogen-bond donors (Lipinski definition) is 1. The SMILES string of the molecule is CCc1cccc(C(N)c2ccc3ccccc3n2)c1. The number of nitrogens with two attached hydrogens (primary N) is 1. The number of pyridine rings is 1. The second-order valence-corrected chi connectivity index (χ2v) is 5.01. The molecule has 1 aromatic heterocycles. The molecule has 1 heterocycles. The van der Waals surface area contributed by atoms with Crippen LogP contribution in [0.2, 0.25) is 0 Å². The molecule has 0 spiro atoms. The summed E-state index contributed by atoms with van der Waals surface area (Å²) in [6, 6.07) is 20.5. The van der Waals surface area contributed by atoms with Gasteiger partial charge in [-0.3, -0.25) is 4.98 Å². The van der Waals surface area contributed by atoms with Crippen molar-refractivity contribution in [3.8, 4) is 0 Å². The van der Waals surface area contributed by atoms with E-state index < -0.39 is 0 Å².